The van der Waals surface area contributed by atoms with E-state index >= 15 is 0 Å². The Morgan fingerprint density at radius 1 is 0.949 bits per heavy atom. The molecule has 0 radical (unpaired) electrons. The van der Waals surface area contributed by atoms with Crippen molar-refractivity contribution in [3.8, 4) is 0 Å². The third-order valence-corrected chi connectivity index (χ3v) is 6.45. The third-order valence-electron chi connectivity index (χ3n) is 6.45. The molecular weight excluding hydrogens is 490 g/mol. The molecule has 3 aromatic carbocycles. The van der Waals surface area contributed by atoms with E-state index in [1.165, 1.54) is 0 Å². The summed E-state index contributed by atoms with van der Waals surface area (Å²) in [5.41, 5.74) is 2.60. The second-order valence-electron chi connectivity index (χ2n) is 11.1. The van der Waals surface area contributed by atoms with Gasteiger partial charge in [0.2, 0.25) is 5.91 Å². The summed E-state index contributed by atoms with van der Waals surface area (Å²) in [5.74, 6) is -0.665. The van der Waals surface area contributed by atoms with E-state index in [9.17, 15) is 14.4 Å². The van der Waals surface area contributed by atoms with Crippen molar-refractivity contribution in [2.45, 2.75) is 79.0 Å². The smallest absolute Gasteiger partial charge is 0.408 e. The lowest BCUT2D eigenvalue weighted by molar-refractivity contribution is -0.140. The second kappa shape index (κ2) is 12.8. The van der Waals surface area contributed by atoms with Crippen molar-refractivity contribution in [2.75, 3.05) is 11.9 Å². The number of rotatable bonds is 9. The van der Waals surface area contributed by atoms with E-state index in [4.69, 9.17) is 4.74 Å². The Morgan fingerprint density at radius 2 is 1.64 bits per heavy atom. The van der Waals surface area contributed by atoms with Gasteiger partial charge in [0, 0.05) is 12.2 Å². The van der Waals surface area contributed by atoms with Gasteiger partial charge < -0.3 is 20.3 Å². The summed E-state index contributed by atoms with van der Waals surface area (Å²) in [4.78, 5) is 41.9. The Kier molecular flexibility index (Phi) is 9.73. The van der Waals surface area contributed by atoms with Gasteiger partial charge in [0.1, 0.15) is 17.7 Å². The van der Waals surface area contributed by atoms with Crippen LogP contribution in [0.25, 0.3) is 10.8 Å². The lowest BCUT2D eigenvalue weighted by Crippen LogP contribution is -2.51. The van der Waals surface area contributed by atoms with E-state index in [1.54, 1.807) is 32.6 Å². The normalized spacial score (nSPS) is 12.9. The quantitative estimate of drug-likeness (QED) is 0.322. The van der Waals surface area contributed by atoms with Gasteiger partial charge in [-0.05, 0) is 82.0 Å². The number of fused-ring (bicyclic) bond motifs is 1. The van der Waals surface area contributed by atoms with Gasteiger partial charge in [-0.25, -0.2) is 4.79 Å². The minimum atomic E-state index is -0.891. The molecule has 0 aliphatic rings. The SMILES string of the molecule is CCCCN(C(=O)C(C)NC(=O)OC(C)(C)C)C(C(=O)Nc1ccc2ccccc2c1)c1cc(C)ccc1C. The van der Waals surface area contributed by atoms with Crippen LogP contribution in [0.15, 0.2) is 60.7 Å². The van der Waals surface area contributed by atoms with E-state index in [0.29, 0.717) is 18.7 Å². The molecule has 0 aliphatic heterocycles. The summed E-state index contributed by atoms with van der Waals surface area (Å²) in [7, 11) is 0. The van der Waals surface area contributed by atoms with Crippen LogP contribution in [0, 0.1) is 13.8 Å². The first-order valence-corrected chi connectivity index (χ1v) is 13.6. The fraction of sp³-hybridized carbons (Fsp3) is 0.406. The van der Waals surface area contributed by atoms with E-state index in [0.717, 1.165) is 33.9 Å². The fourth-order valence-corrected chi connectivity index (χ4v) is 4.47. The Labute approximate surface area is 231 Å². The first-order valence-electron chi connectivity index (χ1n) is 13.6. The van der Waals surface area contributed by atoms with Crippen molar-refractivity contribution in [2.24, 2.45) is 0 Å². The van der Waals surface area contributed by atoms with Gasteiger partial charge in [0.25, 0.3) is 5.91 Å². The summed E-state index contributed by atoms with van der Waals surface area (Å²) < 4.78 is 5.36. The summed E-state index contributed by atoms with van der Waals surface area (Å²) in [6.45, 7) is 13.2. The lowest BCUT2D eigenvalue weighted by Gasteiger charge is -2.34. The number of anilines is 1. The maximum atomic E-state index is 14.0. The number of carbonyl (C=O) groups excluding carboxylic acids is 3. The van der Waals surface area contributed by atoms with Gasteiger partial charge in [-0.2, -0.15) is 0 Å². The molecular formula is C32H41N3O4. The van der Waals surface area contributed by atoms with Crippen LogP contribution in [0.1, 0.15) is 70.2 Å². The molecule has 3 aromatic rings. The Balaban J connectivity index is 1.99. The number of aryl methyl sites for hydroxylation is 2. The number of ether oxygens (including phenoxy) is 1. The predicted molar refractivity (Wildman–Crippen MR) is 157 cm³/mol. The number of hydrogen-bond acceptors (Lipinski definition) is 4. The summed E-state index contributed by atoms with van der Waals surface area (Å²) >= 11 is 0. The van der Waals surface area contributed by atoms with Crippen LogP contribution < -0.4 is 10.6 Å². The molecule has 3 rings (SSSR count). The van der Waals surface area contributed by atoms with Crippen molar-refractivity contribution >= 4 is 34.4 Å². The van der Waals surface area contributed by atoms with Crippen LogP contribution in [-0.4, -0.2) is 41.0 Å². The Bertz CT molecular complexity index is 1330. The molecule has 7 nitrogen and oxygen atoms in total. The van der Waals surface area contributed by atoms with Gasteiger partial charge in [0.15, 0.2) is 0 Å². The maximum absolute atomic E-state index is 14.0. The first-order chi connectivity index (χ1) is 18.4. The van der Waals surface area contributed by atoms with Crippen molar-refractivity contribution in [3.05, 3.63) is 77.4 Å². The Morgan fingerprint density at radius 3 is 2.31 bits per heavy atom. The average Bonchev–Trinajstić information content (AvgIpc) is 2.86. The van der Waals surface area contributed by atoms with E-state index in [2.05, 4.69) is 10.6 Å². The zero-order chi connectivity index (χ0) is 28.7. The van der Waals surface area contributed by atoms with Gasteiger partial charge in [0.05, 0.1) is 0 Å². The highest BCUT2D eigenvalue weighted by atomic mass is 16.6. The van der Waals surface area contributed by atoms with Gasteiger partial charge in [-0.3, -0.25) is 9.59 Å². The van der Waals surface area contributed by atoms with Crippen LogP contribution in [0.5, 0.6) is 0 Å². The highest BCUT2D eigenvalue weighted by Gasteiger charge is 2.35. The second-order valence-corrected chi connectivity index (χ2v) is 11.1. The maximum Gasteiger partial charge on any atom is 0.408 e. The standard InChI is InChI=1S/C32H41N3O4/c1-8-9-18-35(30(37)23(4)33-31(38)39-32(5,6)7)28(27-19-21(2)14-15-22(27)3)29(36)34-26-17-16-24-12-10-11-13-25(24)20-26/h10-17,19-20,23,28H,8-9,18H2,1-7H3,(H,33,38)(H,34,36). The van der Waals surface area contributed by atoms with Crippen molar-refractivity contribution < 1.29 is 19.1 Å². The van der Waals surface area contributed by atoms with Crippen LogP contribution in [0.4, 0.5) is 10.5 Å². The van der Waals surface area contributed by atoms with E-state index < -0.39 is 23.8 Å². The van der Waals surface area contributed by atoms with Crippen molar-refractivity contribution in [3.63, 3.8) is 0 Å². The lowest BCUT2D eigenvalue weighted by atomic mass is 9.96. The topological polar surface area (TPSA) is 87.7 Å². The molecule has 0 spiro atoms. The monoisotopic (exact) mass is 531 g/mol. The molecule has 7 heteroatoms. The fourth-order valence-electron chi connectivity index (χ4n) is 4.47. The van der Waals surface area contributed by atoms with Crippen LogP contribution in [0.2, 0.25) is 0 Å². The summed E-state index contributed by atoms with van der Waals surface area (Å²) in [5, 5.41) is 7.79. The number of nitrogens with zero attached hydrogens (tertiary/aromatic N) is 1. The molecule has 3 amide bonds. The van der Waals surface area contributed by atoms with Crippen molar-refractivity contribution in [1.29, 1.82) is 0 Å². The summed E-state index contributed by atoms with van der Waals surface area (Å²) in [6, 6.07) is 17.8. The molecule has 0 bridgehead atoms. The predicted octanol–water partition coefficient (Wildman–Crippen LogP) is 6.68. The molecule has 0 saturated heterocycles. The molecule has 0 saturated carbocycles. The number of carbonyl (C=O) groups is 3. The molecule has 0 fully saturated rings. The molecule has 2 atom stereocenters. The van der Waals surface area contributed by atoms with Crippen LogP contribution in [-0.2, 0) is 14.3 Å². The zero-order valence-electron chi connectivity index (χ0n) is 24.1. The molecule has 208 valence electrons. The van der Waals surface area contributed by atoms with Gasteiger partial charge in [-0.15, -0.1) is 0 Å². The van der Waals surface area contributed by atoms with Gasteiger partial charge in [-0.1, -0.05) is 67.4 Å². The Hall–Kier alpha value is -3.87. The number of nitrogens with one attached hydrogen (secondary N) is 2. The molecule has 2 N–H and O–H groups in total. The number of alkyl carbamates (subject to hydrolysis) is 1. The van der Waals surface area contributed by atoms with E-state index in [1.807, 2.05) is 81.4 Å². The molecule has 0 heterocycles. The highest BCUT2D eigenvalue weighted by Crippen LogP contribution is 2.29. The largest absolute Gasteiger partial charge is 0.444 e. The number of amides is 3. The van der Waals surface area contributed by atoms with Crippen molar-refractivity contribution in [1.82, 2.24) is 10.2 Å². The molecule has 39 heavy (non-hydrogen) atoms. The molecule has 0 aliphatic carbocycles. The number of unbranched alkanes of at least 4 members (excludes halogenated alkanes) is 1. The van der Waals surface area contributed by atoms with Crippen LogP contribution >= 0.6 is 0 Å². The minimum Gasteiger partial charge on any atom is -0.444 e. The number of hydrogen-bond donors (Lipinski definition) is 2. The van der Waals surface area contributed by atoms with Crippen LogP contribution in [0.3, 0.4) is 0 Å². The van der Waals surface area contributed by atoms with Gasteiger partial charge >= 0.3 is 6.09 Å². The molecule has 0 aromatic heterocycles. The third kappa shape index (κ3) is 8.06. The first kappa shape index (κ1) is 29.7. The highest BCUT2D eigenvalue weighted by molar-refractivity contribution is 6.00. The minimum absolute atomic E-state index is 0.312. The zero-order valence-corrected chi connectivity index (χ0v) is 24.1. The van der Waals surface area contributed by atoms with E-state index in [-0.39, 0.29) is 11.8 Å². The average molecular weight is 532 g/mol. The number of benzene rings is 3. The summed E-state index contributed by atoms with van der Waals surface area (Å²) in [6.07, 6.45) is 0.863. The molecule has 2 unspecified atom stereocenters.